The van der Waals surface area contributed by atoms with Crippen molar-refractivity contribution in [2.24, 2.45) is 0 Å². The number of nitrogens with zero attached hydrogens (tertiary/aromatic N) is 1. The van der Waals surface area contributed by atoms with E-state index < -0.39 is 0 Å². The van der Waals surface area contributed by atoms with Crippen molar-refractivity contribution >= 4 is 33.2 Å². The van der Waals surface area contributed by atoms with Gasteiger partial charge in [0.1, 0.15) is 5.75 Å². The minimum absolute atomic E-state index is 0.0492. The molecular formula is C16H18BrNO2S. The second-order valence-electron chi connectivity index (χ2n) is 4.88. The van der Waals surface area contributed by atoms with Crippen molar-refractivity contribution in [1.82, 2.24) is 4.90 Å². The molecule has 5 heteroatoms. The third kappa shape index (κ3) is 3.86. The topological polar surface area (TPSA) is 29.5 Å². The molecular weight excluding hydrogens is 350 g/mol. The number of hydrogen-bond donors (Lipinski definition) is 0. The number of carbonyl (C=O) groups is 1. The molecule has 0 spiro atoms. The molecule has 0 aliphatic rings. The molecule has 0 N–H and O–H groups in total. The van der Waals surface area contributed by atoms with Gasteiger partial charge in [0.25, 0.3) is 5.91 Å². The summed E-state index contributed by atoms with van der Waals surface area (Å²) in [6, 6.07) is 11.8. The number of hydrogen-bond acceptors (Lipinski definition) is 3. The summed E-state index contributed by atoms with van der Waals surface area (Å²) in [5, 5.41) is 0. The van der Waals surface area contributed by atoms with Gasteiger partial charge in [0.2, 0.25) is 0 Å². The highest BCUT2D eigenvalue weighted by Crippen LogP contribution is 2.25. The number of rotatable bonds is 5. The van der Waals surface area contributed by atoms with Crippen LogP contribution in [0.1, 0.15) is 22.2 Å². The van der Waals surface area contributed by atoms with Gasteiger partial charge in [-0.05, 0) is 53.0 Å². The van der Waals surface area contributed by atoms with Crippen LogP contribution in [-0.2, 0) is 6.42 Å². The van der Waals surface area contributed by atoms with Crippen LogP contribution in [0, 0.1) is 0 Å². The summed E-state index contributed by atoms with van der Waals surface area (Å²) in [5.74, 6) is 0.914. The monoisotopic (exact) mass is 367 g/mol. The molecule has 21 heavy (non-hydrogen) atoms. The van der Waals surface area contributed by atoms with E-state index in [1.807, 2.05) is 50.4 Å². The number of para-hydroxylation sites is 1. The lowest BCUT2D eigenvalue weighted by Crippen LogP contribution is -2.36. The van der Waals surface area contributed by atoms with Crippen molar-refractivity contribution in [3.63, 3.8) is 0 Å². The smallest absolute Gasteiger partial charge is 0.263 e. The van der Waals surface area contributed by atoms with E-state index in [9.17, 15) is 4.79 Å². The Bertz CT molecular complexity index is 626. The lowest BCUT2D eigenvalue weighted by molar-refractivity contribution is 0.0748. The quantitative estimate of drug-likeness (QED) is 0.791. The standard InChI is InChI=1S/C16H18BrNO2S/c1-11(10-12-6-4-5-7-13(12)20-3)18(2)16(19)14-8-9-15(17)21-14/h4-9,11H,10H2,1-3H3. The summed E-state index contributed by atoms with van der Waals surface area (Å²) in [6.45, 7) is 2.05. The Morgan fingerprint density at radius 2 is 2.05 bits per heavy atom. The number of carbonyl (C=O) groups excluding carboxylic acids is 1. The number of benzene rings is 1. The molecule has 1 heterocycles. The maximum atomic E-state index is 12.4. The van der Waals surface area contributed by atoms with Crippen molar-refractivity contribution in [2.75, 3.05) is 14.2 Å². The van der Waals surface area contributed by atoms with Gasteiger partial charge in [0, 0.05) is 13.1 Å². The Balaban J connectivity index is 2.09. The van der Waals surface area contributed by atoms with Crippen LogP contribution in [-0.4, -0.2) is 31.0 Å². The molecule has 2 aromatic rings. The van der Waals surface area contributed by atoms with Crippen LogP contribution < -0.4 is 4.74 Å². The number of ether oxygens (including phenoxy) is 1. The molecule has 0 bridgehead atoms. The van der Waals surface area contributed by atoms with Crippen LogP contribution in [0.5, 0.6) is 5.75 Å². The minimum atomic E-state index is 0.0492. The maximum Gasteiger partial charge on any atom is 0.263 e. The highest BCUT2D eigenvalue weighted by Gasteiger charge is 2.20. The lowest BCUT2D eigenvalue weighted by atomic mass is 10.0. The van der Waals surface area contributed by atoms with Crippen molar-refractivity contribution in [3.8, 4) is 5.75 Å². The first-order chi connectivity index (χ1) is 10.0. The molecule has 0 fully saturated rings. The largest absolute Gasteiger partial charge is 0.496 e. The first-order valence-corrected chi connectivity index (χ1v) is 8.28. The van der Waals surface area contributed by atoms with Crippen LogP contribution in [0.3, 0.4) is 0 Å². The minimum Gasteiger partial charge on any atom is -0.496 e. The zero-order valence-corrected chi connectivity index (χ0v) is 14.7. The number of amides is 1. The fraction of sp³-hybridized carbons (Fsp3) is 0.312. The molecule has 1 unspecified atom stereocenters. The first kappa shape index (κ1) is 16.0. The summed E-state index contributed by atoms with van der Waals surface area (Å²) in [7, 11) is 3.51. The van der Waals surface area contributed by atoms with Crippen LogP contribution in [0.2, 0.25) is 0 Å². The van der Waals surface area contributed by atoms with Crippen LogP contribution in [0.4, 0.5) is 0 Å². The van der Waals surface area contributed by atoms with Crippen LogP contribution in [0.25, 0.3) is 0 Å². The summed E-state index contributed by atoms with van der Waals surface area (Å²) in [5.41, 5.74) is 1.11. The lowest BCUT2D eigenvalue weighted by Gasteiger charge is -2.25. The maximum absolute atomic E-state index is 12.4. The van der Waals surface area contributed by atoms with E-state index in [2.05, 4.69) is 15.9 Å². The van der Waals surface area contributed by atoms with E-state index >= 15 is 0 Å². The van der Waals surface area contributed by atoms with Crippen molar-refractivity contribution in [2.45, 2.75) is 19.4 Å². The van der Waals surface area contributed by atoms with Gasteiger partial charge < -0.3 is 9.64 Å². The van der Waals surface area contributed by atoms with E-state index in [4.69, 9.17) is 4.74 Å². The summed E-state index contributed by atoms with van der Waals surface area (Å²) < 4.78 is 6.34. The highest BCUT2D eigenvalue weighted by atomic mass is 79.9. The molecule has 2 rings (SSSR count). The number of halogens is 1. The van der Waals surface area contributed by atoms with Gasteiger partial charge in [0.15, 0.2) is 0 Å². The number of thiophene rings is 1. The second-order valence-corrected chi connectivity index (χ2v) is 7.35. The van der Waals surface area contributed by atoms with Crippen molar-refractivity contribution < 1.29 is 9.53 Å². The Morgan fingerprint density at radius 3 is 2.67 bits per heavy atom. The molecule has 0 radical (unpaired) electrons. The van der Waals surface area contributed by atoms with Gasteiger partial charge in [-0.3, -0.25) is 4.79 Å². The van der Waals surface area contributed by atoms with Gasteiger partial charge in [-0.25, -0.2) is 0 Å². The molecule has 0 aliphatic heterocycles. The molecule has 1 amide bonds. The Labute approximate surface area is 137 Å². The van der Waals surface area contributed by atoms with Crippen LogP contribution in [0.15, 0.2) is 40.2 Å². The van der Waals surface area contributed by atoms with Gasteiger partial charge >= 0.3 is 0 Å². The zero-order chi connectivity index (χ0) is 15.4. The Hall–Kier alpha value is -1.33. The molecule has 1 aromatic heterocycles. The van der Waals surface area contributed by atoms with Gasteiger partial charge in [0.05, 0.1) is 15.8 Å². The molecule has 0 aliphatic carbocycles. The van der Waals surface area contributed by atoms with Crippen molar-refractivity contribution in [1.29, 1.82) is 0 Å². The Morgan fingerprint density at radius 1 is 1.33 bits per heavy atom. The predicted octanol–water partition coefficient (Wildman–Crippen LogP) is 4.22. The second kappa shape index (κ2) is 7.09. The fourth-order valence-electron chi connectivity index (χ4n) is 2.13. The van der Waals surface area contributed by atoms with Crippen molar-refractivity contribution in [3.05, 3.63) is 50.6 Å². The van der Waals surface area contributed by atoms with E-state index in [-0.39, 0.29) is 11.9 Å². The van der Waals surface area contributed by atoms with Crippen LogP contribution >= 0.6 is 27.3 Å². The average Bonchev–Trinajstić information content (AvgIpc) is 2.92. The third-order valence-corrected chi connectivity index (χ3v) is 5.08. The summed E-state index contributed by atoms with van der Waals surface area (Å²) in [4.78, 5) is 15.0. The number of methoxy groups -OCH3 is 1. The Kier molecular flexibility index (Phi) is 5.42. The van der Waals surface area contributed by atoms with E-state index in [0.29, 0.717) is 0 Å². The molecule has 0 saturated carbocycles. The normalized spacial score (nSPS) is 12.0. The van der Waals surface area contributed by atoms with E-state index in [1.165, 1.54) is 11.3 Å². The third-order valence-electron chi connectivity index (χ3n) is 3.47. The molecule has 3 nitrogen and oxygen atoms in total. The molecule has 1 aromatic carbocycles. The highest BCUT2D eigenvalue weighted by molar-refractivity contribution is 9.11. The molecule has 1 atom stereocenters. The summed E-state index contributed by atoms with van der Waals surface area (Å²) >= 11 is 4.85. The van der Waals surface area contributed by atoms with Gasteiger partial charge in [-0.2, -0.15) is 0 Å². The van der Waals surface area contributed by atoms with Gasteiger partial charge in [-0.1, -0.05) is 18.2 Å². The first-order valence-electron chi connectivity index (χ1n) is 6.67. The van der Waals surface area contributed by atoms with Gasteiger partial charge in [-0.15, -0.1) is 11.3 Å². The fourth-order valence-corrected chi connectivity index (χ4v) is 3.50. The number of likely N-dealkylation sites (N-methyl/N-ethyl adjacent to an activating group) is 1. The zero-order valence-electron chi connectivity index (χ0n) is 12.3. The molecule has 0 saturated heterocycles. The molecule has 112 valence electrons. The SMILES string of the molecule is COc1ccccc1CC(C)N(C)C(=O)c1ccc(Br)s1. The summed E-state index contributed by atoms with van der Waals surface area (Å²) in [6.07, 6.45) is 0.763. The predicted molar refractivity (Wildman–Crippen MR) is 90.3 cm³/mol. The van der Waals surface area contributed by atoms with E-state index in [1.54, 1.807) is 12.0 Å². The van der Waals surface area contributed by atoms with E-state index in [0.717, 1.165) is 26.4 Å². The average molecular weight is 368 g/mol.